The van der Waals surface area contributed by atoms with Crippen LogP contribution in [0.25, 0.3) is 6.08 Å². The van der Waals surface area contributed by atoms with Crippen molar-refractivity contribution in [3.63, 3.8) is 0 Å². The lowest BCUT2D eigenvalue weighted by Crippen LogP contribution is -2.15. The van der Waals surface area contributed by atoms with E-state index < -0.39 is 4.92 Å². The number of hydrogen-bond acceptors (Lipinski definition) is 5. The lowest BCUT2D eigenvalue weighted by molar-refractivity contribution is -0.385. The average molecular weight is 380 g/mol. The van der Waals surface area contributed by atoms with Gasteiger partial charge >= 0.3 is 0 Å². The van der Waals surface area contributed by atoms with Gasteiger partial charge in [0.1, 0.15) is 0 Å². The molecule has 0 aliphatic carbocycles. The number of para-hydroxylation sites is 1. The van der Waals surface area contributed by atoms with E-state index in [0.29, 0.717) is 10.4 Å². The smallest absolute Gasteiger partial charge is 0.266 e. The first-order valence-electron chi connectivity index (χ1n) is 6.07. The summed E-state index contributed by atoms with van der Waals surface area (Å²) < 4.78 is 0.859. The van der Waals surface area contributed by atoms with Gasteiger partial charge < -0.3 is 0 Å². The quantitative estimate of drug-likeness (QED) is 0.486. The summed E-state index contributed by atoms with van der Waals surface area (Å²) in [6, 6.07) is 9.82. The minimum Gasteiger partial charge on any atom is -0.266 e. The fraction of sp³-hybridized carbons (Fsp3) is 0. The summed E-state index contributed by atoms with van der Waals surface area (Å²) in [6.45, 7) is 0. The molecular formula is C14H10BrN3O3S. The molecule has 0 spiro atoms. The van der Waals surface area contributed by atoms with Crippen LogP contribution >= 0.6 is 27.3 Å². The third kappa shape index (κ3) is 4.34. The van der Waals surface area contributed by atoms with Gasteiger partial charge in [-0.05, 0) is 46.3 Å². The highest BCUT2D eigenvalue weighted by molar-refractivity contribution is 9.11. The largest absolute Gasteiger partial charge is 0.281 e. The highest BCUT2D eigenvalue weighted by Gasteiger charge is 2.09. The second kappa shape index (κ2) is 7.62. The van der Waals surface area contributed by atoms with E-state index in [1.54, 1.807) is 36.4 Å². The van der Waals surface area contributed by atoms with Gasteiger partial charge in [-0.3, -0.25) is 14.9 Å². The minimum atomic E-state index is -0.451. The van der Waals surface area contributed by atoms with Crippen molar-refractivity contribution < 1.29 is 9.72 Å². The molecule has 112 valence electrons. The summed E-state index contributed by atoms with van der Waals surface area (Å²) in [7, 11) is 0. The lowest BCUT2D eigenvalue weighted by Gasteiger charge is -1.95. The number of nitrogens with zero attached hydrogens (tertiary/aromatic N) is 2. The monoisotopic (exact) mass is 379 g/mol. The van der Waals surface area contributed by atoms with Crippen LogP contribution in [-0.4, -0.2) is 17.0 Å². The van der Waals surface area contributed by atoms with Crippen LogP contribution in [0, 0.1) is 10.1 Å². The molecular weight excluding hydrogens is 370 g/mol. The summed E-state index contributed by atoms with van der Waals surface area (Å²) in [5.74, 6) is -0.314. The Morgan fingerprint density at radius 1 is 1.32 bits per heavy atom. The van der Waals surface area contributed by atoms with Crippen LogP contribution in [0.15, 0.2) is 51.4 Å². The molecule has 0 fully saturated rings. The highest BCUT2D eigenvalue weighted by atomic mass is 79.9. The van der Waals surface area contributed by atoms with Crippen molar-refractivity contribution in [2.75, 3.05) is 0 Å². The Bertz CT molecular complexity index is 755. The molecule has 0 bridgehead atoms. The van der Waals surface area contributed by atoms with Crippen LogP contribution in [0.2, 0.25) is 0 Å². The maximum atomic E-state index is 11.7. The van der Waals surface area contributed by atoms with Gasteiger partial charge in [0.15, 0.2) is 0 Å². The first-order chi connectivity index (χ1) is 10.6. The van der Waals surface area contributed by atoms with Crippen molar-refractivity contribution >= 4 is 51.2 Å². The summed E-state index contributed by atoms with van der Waals surface area (Å²) in [5.41, 5.74) is 2.85. The molecule has 0 radical (unpaired) electrons. The maximum absolute atomic E-state index is 11.7. The van der Waals surface area contributed by atoms with E-state index >= 15 is 0 Å². The fourth-order valence-electron chi connectivity index (χ4n) is 1.57. The second-order valence-corrected chi connectivity index (χ2v) is 6.46. The number of allylic oxidation sites excluding steroid dienone is 1. The Balaban J connectivity index is 1.95. The van der Waals surface area contributed by atoms with Crippen LogP contribution in [0.1, 0.15) is 15.2 Å². The summed E-state index contributed by atoms with van der Waals surface area (Å²) >= 11 is 4.57. The summed E-state index contributed by atoms with van der Waals surface area (Å²) in [5, 5.41) is 14.6. The molecule has 1 aromatic carbocycles. The molecule has 6 nitrogen and oxygen atoms in total. The van der Waals surface area contributed by atoms with E-state index in [2.05, 4.69) is 26.5 Å². The van der Waals surface area contributed by atoms with Gasteiger partial charge in [0, 0.05) is 12.3 Å². The van der Waals surface area contributed by atoms with E-state index in [0.717, 1.165) is 3.79 Å². The Kier molecular flexibility index (Phi) is 5.56. The molecule has 0 aliphatic rings. The molecule has 1 aromatic heterocycles. The lowest BCUT2D eigenvalue weighted by atomic mass is 10.2. The van der Waals surface area contributed by atoms with E-state index in [1.165, 1.54) is 29.7 Å². The Labute approximate surface area is 138 Å². The van der Waals surface area contributed by atoms with Gasteiger partial charge in [-0.1, -0.05) is 12.1 Å². The predicted molar refractivity (Wildman–Crippen MR) is 90.1 cm³/mol. The third-order valence-electron chi connectivity index (χ3n) is 2.53. The summed E-state index contributed by atoms with van der Waals surface area (Å²) in [6.07, 6.45) is 4.43. The molecule has 1 heterocycles. The number of benzene rings is 1. The van der Waals surface area contributed by atoms with Crippen molar-refractivity contribution in [3.05, 3.63) is 66.8 Å². The standard InChI is InChI=1S/C14H10BrN3O3S/c15-13-8-7-12(22-13)14(19)17-16-9-3-5-10-4-1-2-6-11(10)18(20)21/h1-9H,(H,17,19)/b5-3+,16-9+. The number of rotatable bonds is 5. The molecule has 0 unspecified atom stereocenters. The number of thiophene rings is 1. The van der Waals surface area contributed by atoms with Gasteiger partial charge in [-0.25, -0.2) is 5.43 Å². The zero-order valence-corrected chi connectivity index (χ0v) is 13.5. The van der Waals surface area contributed by atoms with Gasteiger partial charge in [0.05, 0.1) is 19.2 Å². The summed E-state index contributed by atoms with van der Waals surface area (Å²) in [4.78, 5) is 22.6. The first kappa shape index (κ1) is 16.1. The maximum Gasteiger partial charge on any atom is 0.281 e. The first-order valence-corrected chi connectivity index (χ1v) is 7.67. The zero-order valence-electron chi connectivity index (χ0n) is 11.1. The van der Waals surface area contributed by atoms with Crippen molar-refractivity contribution in [2.45, 2.75) is 0 Å². The van der Waals surface area contributed by atoms with Gasteiger partial charge in [-0.15, -0.1) is 11.3 Å². The van der Waals surface area contributed by atoms with E-state index in [-0.39, 0.29) is 11.6 Å². The molecule has 1 amide bonds. The van der Waals surface area contributed by atoms with Crippen LogP contribution < -0.4 is 5.43 Å². The molecule has 22 heavy (non-hydrogen) atoms. The number of hydrogen-bond donors (Lipinski definition) is 1. The van der Waals surface area contributed by atoms with E-state index in [1.807, 2.05) is 0 Å². The van der Waals surface area contributed by atoms with Crippen molar-refractivity contribution in [1.29, 1.82) is 0 Å². The van der Waals surface area contributed by atoms with Crippen molar-refractivity contribution in [3.8, 4) is 0 Å². The van der Waals surface area contributed by atoms with E-state index in [9.17, 15) is 14.9 Å². The molecule has 8 heteroatoms. The number of nitro benzene ring substituents is 1. The number of nitrogens with one attached hydrogen (secondary N) is 1. The predicted octanol–water partition coefficient (Wildman–Crippen LogP) is 3.85. The van der Waals surface area contributed by atoms with Crippen molar-refractivity contribution in [1.82, 2.24) is 5.43 Å². The highest BCUT2D eigenvalue weighted by Crippen LogP contribution is 2.21. The Morgan fingerprint density at radius 3 is 2.77 bits per heavy atom. The number of nitro groups is 1. The fourth-order valence-corrected chi connectivity index (χ4v) is 2.85. The number of carbonyl (C=O) groups excluding carboxylic acids is 1. The molecule has 2 rings (SSSR count). The average Bonchev–Trinajstić information content (AvgIpc) is 2.93. The molecule has 0 aliphatic heterocycles. The molecule has 0 saturated carbocycles. The number of hydrazone groups is 1. The van der Waals surface area contributed by atoms with Crippen LogP contribution in [0.5, 0.6) is 0 Å². The van der Waals surface area contributed by atoms with Gasteiger partial charge in [0.25, 0.3) is 11.6 Å². The van der Waals surface area contributed by atoms with Gasteiger partial charge in [-0.2, -0.15) is 5.10 Å². The number of halogens is 1. The van der Waals surface area contributed by atoms with Crippen LogP contribution in [0.3, 0.4) is 0 Å². The topological polar surface area (TPSA) is 84.6 Å². The molecule has 0 atom stereocenters. The SMILES string of the molecule is O=C(N/N=C/C=C/c1ccccc1[N+](=O)[O-])c1ccc(Br)s1. The van der Waals surface area contributed by atoms with Crippen LogP contribution in [-0.2, 0) is 0 Å². The molecule has 1 N–H and O–H groups in total. The molecule has 2 aromatic rings. The van der Waals surface area contributed by atoms with E-state index in [4.69, 9.17) is 0 Å². The Morgan fingerprint density at radius 2 is 2.09 bits per heavy atom. The Hall–Kier alpha value is -2.32. The second-order valence-electron chi connectivity index (χ2n) is 4.00. The van der Waals surface area contributed by atoms with Crippen molar-refractivity contribution in [2.24, 2.45) is 5.10 Å². The normalized spacial score (nSPS) is 11.1. The number of carbonyl (C=O) groups is 1. The zero-order chi connectivity index (χ0) is 15.9. The van der Waals surface area contributed by atoms with Crippen LogP contribution in [0.4, 0.5) is 5.69 Å². The number of amides is 1. The minimum absolute atomic E-state index is 0.0135. The third-order valence-corrected chi connectivity index (χ3v) is 4.16. The molecule has 0 saturated heterocycles. The van der Waals surface area contributed by atoms with Gasteiger partial charge in [0.2, 0.25) is 0 Å².